The number of hydrogen-bond donors (Lipinski definition) is 0. The molecule has 0 N–H and O–H groups in total. The molecule has 0 aromatic rings. The van der Waals surface area contributed by atoms with Gasteiger partial charge >= 0.3 is 0 Å². The first-order chi connectivity index (χ1) is 10.5. The molecule has 4 nitrogen and oxygen atoms in total. The minimum absolute atomic E-state index is 0.0122. The zero-order valence-electron chi connectivity index (χ0n) is 16.5. The van der Waals surface area contributed by atoms with Gasteiger partial charge in [0.1, 0.15) is 0 Å². The molecule has 1 aliphatic carbocycles. The smallest absolute Gasteiger partial charge is 0.155 e. The predicted molar refractivity (Wildman–Crippen MR) is 96.6 cm³/mol. The second-order valence-electron chi connectivity index (χ2n) is 11.0. The second kappa shape index (κ2) is 4.46. The Hall–Kier alpha value is -0.420. The molecule has 2 spiro atoms. The van der Waals surface area contributed by atoms with E-state index in [9.17, 15) is 13.2 Å². The molecular formula is C19H33NO3S. The summed E-state index contributed by atoms with van der Waals surface area (Å²) in [5.74, 6) is 0.900. The lowest BCUT2D eigenvalue weighted by atomic mass is 9.82. The van der Waals surface area contributed by atoms with E-state index < -0.39 is 9.84 Å². The maximum atomic E-state index is 13.1. The first-order valence-electron chi connectivity index (χ1n) is 9.02. The molecule has 2 saturated heterocycles. The highest BCUT2D eigenvalue weighted by molar-refractivity contribution is 7.92. The van der Waals surface area contributed by atoms with Crippen LogP contribution in [-0.4, -0.2) is 48.7 Å². The van der Waals surface area contributed by atoms with E-state index in [2.05, 4.69) is 39.5 Å². The monoisotopic (exact) mass is 355 g/mol. The van der Waals surface area contributed by atoms with Crippen LogP contribution in [-0.2, 0) is 14.6 Å². The lowest BCUT2D eigenvalue weighted by Crippen LogP contribution is -2.50. The van der Waals surface area contributed by atoms with Crippen LogP contribution in [0.1, 0.15) is 61.8 Å². The number of ketones is 1. The predicted octanol–water partition coefficient (Wildman–Crippen LogP) is 2.92. The molecule has 24 heavy (non-hydrogen) atoms. The fourth-order valence-electron chi connectivity index (χ4n) is 5.75. The summed E-state index contributed by atoms with van der Waals surface area (Å²) in [4.78, 5) is 15.5. The van der Waals surface area contributed by atoms with Gasteiger partial charge in [-0.3, -0.25) is 9.69 Å². The maximum absolute atomic E-state index is 13.1. The van der Waals surface area contributed by atoms with Crippen molar-refractivity contribution in [3.8, 4) is 0 Å². The topological polar surface area (TPSA) is 54.5 Å². The highest BCUT2D eigenvalue weighted by Crippen LogP contribution is 2.85. The number of Topliss-reactive ketones (excluding diaryl/α,β-unsaturated/α-hetero) is 1. The molecule has 3 rings (SSSR count). The van der Waals surface area contributed by atoms with Crippen LogP contribution < -0.4 is 0 Å². The van der Waals surface area contributed by atoms with Gasteiger partial charge in [0.2, 0.25) is 0 Å². The van der Waals surface area contributed by atoms with Crippen molar-refractivity contribution in [1.82, 2.24) is 4.90 Å². The van der Waals surface area contributed by atoms with Crippen molar-refractivity contribution in [3.63, 3.8) is 0 Å². The Morgan fingerprint density at radius 3 is 1.88 bits per heavy atom. The van der Waals surface area contributed by atoms with E-state index in [1.807, 2.05) is 20.8 Å². The van der Waals surface area contributed by atoms with Crippen molar-refractivity contribution in [2.75, 3.05) is 18.1 Å². The largest absolute Gasteiger partial charge is 0.297 e. The summed E-state index contributed by atoms with van der Waals surface area (Å²) in [5.41, 5.74) is -0.643. The van der Waals surface area contributed by atoms with Gasteiger partial charge in [-0.2, -0.15) is 0 Å². The van der Waals surface area contributed by atoms with Gasteiger partial charge in [0.15, 0.2) is 15.6 Å². The van der Waals surface area contributed by atoms with E-state index >= 15 is 0 Å². The van der Waals surface area contributed by atoms with Crippen LogP contribution in [0.5, 0.6) is 0 Å². The van der Waals surface area contributed by atoms with Gasteiger partial charge in [0.05, 0.1) is 17.5 Å². The number of nitrogens with zero attached hydrogens (tertiary/aromatic N) is 1. The Labute approximate surface area is 147 Å². The summed E-state index contributed by atoms with van der Waals surface area (Å²) in [6, 6.07) is -0.105. The number of sulfone groups is 1. The lowest BCUT2D eigenvalue weighted by molar-refractivity contribution is -0.132. The third-order valence-corrected chi connectivity index (χ3v) is 9.31. The third-order valence-electron chi connectivity index (χ3n) is 7.44. The van der Waals surface area contributed by atoms with Crippen molar-refractivity contribution in [1.29, 1.82) is 0 Å². The SMILES string of the molecule is CC(C)(C)C(=O)[C@@H]1C[C@@]2(CN1C(C)(C)C)C(C)(C)C21CS(=O)(=O)C1. The Morgan fingerprint density at radius 1 is 1.00 bits per heavy atom. The first kappa shape index (κ1) is 18.4. The van der Waals surface area contributed by atoms with E-state index in [4.69, 9.17) is 0 Å². The Morgan fingerprint density at radius 2 is 1.50 bits per heavy atom. The average Bonchev–Trinajstić information content (AvgIpc) is 2.70. The zero-order valence-corrected chi connectivity index (χ0v) is 17.3. The van der Waals surface area contributed by atoms with Gasteiger partial charge in [-0.05, 0) is 38.0 Å². The number of rotatable bonds is 1. The van der Waals surface area contributed by atoms with Gasteiger partial charge < -0.3 is 0 Å². The molecule has 0 bridgehead atoms. The molecule has 2 heterocycles. The van der Waals surface area contributed by atoms with Crippen LogP contribution in [0.25, 0.3) is 0 Å². The molecule has 0 aromatic carbocycles. The van der Waals surface area contributed by atoms with Crippen molar-refractivity contribution >= 4 is 15.6 Å². The van der Waals surface area contributed by atoms with Gasteiger partial charge in [-0.15, -0.1) is 0 Å². The van der Waals surface area contributed by atoms with Crippen molar-refractivity contribution < 1.29 is 13.2 Å². The fourth-order valence-corrected chi connectivity index (χ4v) is 8.44. The summed E-state index contributed by atoms with van der Waals surface area (Å²) in [5, 5.41) is 0. The molecule has 3 fully saturated rings. The molecule has 0 unspecified atom stereocenters. The van der Waals surface area contributed by atoms with Gasteiger partial charge in [-0.1, -0.05) is 34.6 Å². The summed E-state index contributed by atoms with van der Waals surface area (Å²) in [7, 11) is -2.88. The van der Waals surface area contributed by atoms with Crippen LogP contribution in [0.4, 0.5) is 0 Å². The van der Waals surface area contributed by atoms with Gasteiger partial charge in [0, 0.05) is 22.9 Å². The highest BCUT2D eigenvalue weighted by Gasteiger charge is 2.88. The molecule has 0 aromatic heterocycles. The molecule has 0 amide bonds. The first-order valence-corrected chi connectivity index (χ1v) is 10.8. The lowest BCUT2D eigenvalue weighted by Gasteiger charge is -2.38. The van der Waals surface area contributed by atoms with Gasteiger partial charge in [-0.25, -0.2) is 8.42 Å². The standard InChI is InChI=1S/C19H33NO3S/c1-15(2,3)14(21)13-9-18(10-20(13)16(4,5)6)17(7,8)19(18)11-24(22,23)12-19/h13H,9-12H2,1-8H3/t13-,18+/m0/s1. The van der Waals surface area contributed by atoms with Crippen molar-refractivity contribution in [2.45, 2.75) is 73.4 Å². The molecular weight excluding hydrogens is 322 g/mol. The molecule has 0 radical (unpaired) electrons. The highest BCUT2D eigenvalue weighted by atomic mass is 32.2. The minimum atomic E-state index is -2.88. The number of carbonyl (C=O) groups is 1. The molecule has 2 aliphatic heterocycles. The van der Waals surface area contributed by atoms with Crippen molar-refractivity contribution in [3.05, 3.63) is 0 Å². The van der Waals surface area contributed by atoms with Crippen LogP contribution in [0.15, 0.2) is 0 Å². The third kappa shape index (κ3) is 2.06. The molecule has 3 aliphatic rings. The van der Waals surface area contributed by atoms with Crippen LogP contribution >= 0.6 is 0 Å². The summed E-state index contributed by atoms with van der Waals surface area (Å²) in [6.07, 6.45) is 0.808. The number of likely N-dealkylation sites (tertiary alicyclic amines) is 1. The van der Waals surface area contributed by atoms with Gasteiger partial charge in [0.25, 0.3) is 0 Å². The zero-order chi connectivity index (χ0) is 18.6. The number of hydrogen-bond acceptors (Lipinski definition) is 4. The van der Waals surface area contributed by atoms with E-state index in [1.54, 1.807) is 0 Å². The quantitative estimate of drug-likeness (QED) is 0.726. The fraction of sp³-hybridized carbons (Fsp3) is 0.947. The molecule has 1 saturated carbocycles. The summed E-state index contributed by atoms with van der Waals surface area (Å²) >= 11 is 0. The van der Waals surface area contributed by atoms with E-state index in [0.717, 1.165) is 13.0 Å². The number of carbonyl (C=O) groups excluding carboxylic acids is 1. The normalized spacial score (nSPS) is 36.8. The molecule has 2 atom stereocenters. The molecule has 138 valence electrons. The Bertz CT molecular complexity index is 681. The minimum Gasteiger partial charge on any atom is -0.297 e. The molecule has 5 heteroatoms. The maximum Gasteiger partial charge on any atom is 0.155 e. The van der Waals surface area contributed by atoms with Crippen molar-refractivity contribution in [2.24, 2.45) is 21.7 Å². The van der Waals surface area contributed by atoms with Crippen LogP contribution in [0.3, 0.4) is 0 Å². The van der Waals surface area contributed by atoms with E-state index in [-0.39, 0.29) is 39.0 Å². The second-order valence-corrected chi connectivity index (χ2v) is 13.0. The Balaban J connectivity index is 1.99. The Kier molecular flexibility index (Phi) is 3.41. The van der Waals surface area contributed by atoms with Crippen LogP contribution in [0, 0.1) is 21.7 Å². The number of fused-ring (bicyclic) bond motifs is 1. The van der Waals surface area contributed by atoms with E-state index in [0.29, 0.717) is 11.5 Å². The summed E-state index contributed by atoms with van der Waals surface area (Å²) in [6.45, 7) is 17.7. The average molecular weight is 356 g/mol. The summed E-state index contributed by atoms with van der Waals surface area (Å²) < 4.78 is 23.9. The van der Waals surface area contributed by atoms with Crippen LogP contribution in [0.2, 0.25) is 0 Å². The van der Waals surface area contributed by atoms with E-state index in [1.165, 1.54) is 0 Å².